The zero-order chi connectivity index (χ0) is 17.1. The Morgan fingerprint density at radius 1 is 1.42 bits per heavy atom. The van der Waals surface area contributed by atoms with Gasteiger partial charge in [-0.2, -0.15) is 0 Å². The molecule has 0 saturated carbocycles. The van der Waals surface area contributed by atoms with Crippen molar-refractivity contribution in [3.05, 3.63) is 42.0 Å². The summed E-state index contributed by atoms with van der Waals surface area (Å²) < 4.78 is 11.5. The fourth-order valence-corrected chi connectivity index (χ4v) is 4.09. The van der Waals surface area contributed by atoms with Gasteiger partial charge in [-0.15, -0.1) is 0 Å². The van der Waals surface area contributed by atoms with E-state index in [2.05, 4.69) is 0 Å². The minimum atomic E-state index is -0.702. The van der Waals surface area contributed by atoms with Crippen molar-refractivity contribution in [3.8, 4) is 0 Å². The van der Waals surface area contributed by atoms with Crippen LogP contribution in [0.5, 0.6) is 0 Å². The highest BCUT2D eigenvalue weighted by molar-refractivity contribution is 6.02. The highest BCUT2D eigenvalue weighted by atomic mass is 16.6. The van der Waals surface area contributed by atoms with E-state index in [9.17, 15) is 9.59 Å². The second-order valence-corrected chi connectivity index (χ2v) is 7.15. The van der Waals surface area contributed by atoms with E-state index in [1.54, 1.807) is 4.90 Å². The van der Waals surface area contributed by atoms with Crippen LogP contribution in [-0.4, -0.2) is 36.2 Å². The van der Waals surface area contributed by atoms with Crippen LogP contribution in [0.4, 0.5) is 5.69 Å². The maximum absolute atomic E-state index is 13.1. The summed E-state index contributed by atoms with van der Waals surface area (Å²) in [4.78, 5) is 27.3. The average molecular weight is 327 g/mol. The molecule has 0 aliphatic carbocycles. The molecule has 1 amide bonds. The van der Waals surface area contributed by atoms with Gasteiger partial charge in [0.2, 0.25) is 5.91 Å². The zero-order valence-corrected chi connectivity index (χ0v) is 14.1. The predicted octanol–water partition coefficient (Wildman–Crippen LogP) is 2.23. The van der Waals surface area contributed by atoms with Gasteiger partial charge < -0.3 is 14.4 Å². The number of esters is 1. The van der Waals surface area contributed by atoms with Gasteiger partial charge in [0.05, 0.1) is 24.7 Å². The van der Waals surface area contributed by atoms with Crippen molar-refractivity contribution < 1.29 is 19.1 Å². The van der Waals surface area contributed by atoms with Gasteiger partial charge in [0.1, 0.15) is 11.5 Å². The van der Waals surface area contributed by atoms with Crippen molar-refractivity contribution in [3.63, 3.8) is 0 Å². The Hall–Kier alpha value is -2.14. The first-order chi connectivity index (χ1) is 11.4. The van der Waals surface area contributed by atoms with Gasteiger partial charge in [0.15, 0.2) is 0 Å². The number of anilines is 1. The predicted molar refractivity (Wildman–Crippen MR) is 88.5 cm³/mol. The van der Waals surface area contributed by atoms with Crippen LogP contribution < -0.4 is 4.90 Å². The van der Waals surface area contributed by atoms with E-state index in [4.69, 9.17) is 9.47 Å². The van der Waals surface area contributed by atoms with Crippen LogP contribution in [0.15, 0.2) is 36.4 Å². The molecule has 5 nitrogen and oxygen atoms in total. The summed E-state index contributed by atoms with van der Waals surface area (Å²) in [6.07, 6.45) is 3.29. The number of fused-ring (bicyclic) bond motifs is 1. The fourth-order valence-electron chi connectivity index (χ4n) is 4.09. The van der Waals surface area contributed by atoms with Crippen LogP contribution in [0.25, 0.3) is 0 Å². The second-order valence-electron chi connectivity index (χ2n) is 7.15. The SMILES string of the molecule is Cc1cccc(N2C[C@]34C=C[C@H](O3)[C@@H](C(=O)OC(C)C)[C@@H]4C2=O)c1. The van der Waals surface area contributed by atoms with Crippen LogP contribution in [-0.2, 0) is 19.1 Å². The molecule has 3 aliphatic rings. The summed E-state index contributed by atoms with van der Waals surface area (Å²) in [5, 5.41) is 0. The molecule has 4 atom stereocenters. The highest BCUT2D eigenvalue weighted by Gasteiger charge is 2.67. The number of carbonyl (C=O) groups is 2. The van der Waals surface area contributed by atoms with E-state index < -0.39 is 17.4 Å². The number of rotatable bonds is 3. The number of amides is 1. The van der Waals surface area contributed by atoms with Gasteiger partial charge in [0, 0.05) is 5.69 Å². The van der Waals surface area contributed by atoms with Gasteiger partial charge in [-0.05, 0) is 38.5 Å². The summed E-state index contributed by atoms with van der Waals surface area (Å²) in [6.45, 7) is 6.06. The van der Waals surface area contributed by atoms with Crippen LogP contribution in [0.1, 0.15) is 19.4 Å². The maximum Gasteiger partial charge on any atom is 0.313 e. The molecule has 2 fully saturated rings. The average Bonchev–Trinajstić information content (AvgIpc) is 3.15. The maximum atomic E-state index is 13.1. The van der Waals surface area contributed by atoms with Crippen molar-refractivity contribution in [2.75, 3.05) is 11.4 Å². The number of hydrogen-bond acceptors (Lipinski definition) is 4. The lowest BCUT2D eigenvalue weighted by atomic mass is 9.77. The molecule has 2 bridgehead atoms. The van der Waals surface area contributed by atoms with E-state index in [0.717, 1.165) is 11.3 Å². The molecule has 0 unspecified atom stereocenters. The van der Waals surface area contributed by atoms with E-state index in [-0.39, 0.29) is 24.1 Å². The number of hydrogen-bond donors (Lipinski definition) is 0. The van der Waals surface area contributed by atoms with Crippen molar-refractivity contribution in [1.29, 1.82) is 0 Å². The molecule has 1 spiro atoms. The highest BCUT2D eigenvalue weighted by Crippen LogP contribution is 2.52. The molecule has 2 saturated heterocycles. The molecule has 0 aromatic heterocycles. The summed E-state index contributed by atoms with van der Waals surface area (Å²) in [6, 6.07) is 7.82. The lowest BCUT2D eigenvalue weighted by Gasteiger charge is -2.23. The molecule has 126 valence electrons. The first kappa shape index (κ1) is 15.4. The van der Waals surface area contributed by atoms with E-state index in [1.165, 1.54) is 0 Å². The summed E-state index contributed by atoms with van der Waals surface area (Å²) in [5.41, 5.74) is 1.23. The molecular formula is C19H21NO4. The van der Waals surface area contributed by atoms with Crippen LogP contribution in [0.2, 0.25) is 0 Å². The largest absolute Gasteiger partial charge is 0.463 e. The molecule has 3 aliphatic heterocycles. The lowest BCUT2D eigenvalue weighted by molar-refractivity contribution is -0.156. The lowest BCUT2D eigenvalue weighted by Crippen LogP contribution is -2.40. The van der Waals surface area contributed by atoms with Crippen molar-refractivity contribution in [2.45, 2.75) is 38.6 Å². The number of nitrogens with zero attached hydrogens (tertiary/aromatic N) is 1. The van der Waals surface area contributed by atoms with Gasteiger partial charge in [-0.3, -0.25) is 9.59 Å². The normalized spacial score (nSPS) is 33.4. The Labute approximate surface area is 141 Å². The van der Waals surface area contributed by atoms with Crippen molar-refractivity contribution >= 4 is 17.6 Å². The molecule has 3 heterocycles. The standard InChI is InChI=1S/C19H21NO4/c1-11(2)23-18(22)15-14-7-8-19(24-14)10-20(17(21)16(15)19)13-6-4-5-12(3)9-13/h4-9,11,14-16H,10H2,1-3H3/t14-,15+,16+,19-/m0/s1. The van der Waals surface area contributed by atoms with Gasteiger partial charge in [0.25, 0.3) is 0 Å². The zero-order valence-electron chi connectivity index (χ0n) is 14.1. The number of carbonyl (C=O) groups excluding carboxylic acids is 2. The molecule has 1 aromatic carbocycles. The summed E-state index contributed by atoms with van der Waals surface area (Å²) >= 11 is 0. The molecule has 1 aromatic rings. The first-order valence-electron chi connectivity index (χ1n) is 8.37. The Morgan fingerprint density at radius 2 is 2.21 bits per heavy atom. The summed E-state index contributed by atoms with van der Waals surface area (Å²) in [7, 11) is 0. The van der Waals surface area contributed by atoms with Gasteiger partial charge >= 0.3 is 5.97 Å². The van der Waals surface area contributed by atoms with Crippen LogP contribution in [0, 0.1) is 18.8 Å². The fraction of sp³-hybridized carbons (Fsp3) is 0.474. The molecular weight excluding hydrogens is 306 g/mol. The number of aryl methyl sites for hydroxylation is 1. The molecule has 4 rings (SSSR count). The molecule has 5 heteroatoms. The minimum Gasteiger partial charge on any atom is -0.463 e. The third kappa shape index (κ3) is 2.11. The molecule has 0 N–H and O–H groups in total. The third-order valence-electron chi connectivity index (χ3n) is 5.04. The Kier molecular flexibility index (Phi) is 3.32. The van der Waals surface area contributed by atoms with Crippen molar-refractivity contribution in [2.24, 2.45) is 11.8 Å². The van der Waals surface area contributed by atoms with E-state index >= 15 is 0 Å². The first-order valence-corrected chi connectivity index (χ1v) is 8.37. The summed E-state index contributed by atoms with van der Waals surface area (Å²) in [5.74, 6) is -1.46. The Bertz CT molecular complexity index is 741. The molecule has 0 radical (unpaired) electrons. The Balaban J connectivity index is 1.68. The second kappa shape index (κ2) is 5.18. The number of benzene rings is 1. The monoisotopic (exact) mass is 327 g/mol. The smallest absolute Gasteiger partial charge is 0.313 e. The third-order valence-corrected chi connectivity index (χ3v) is 5.04. The van der Waals surface area contributed by atoms with Crippen LogP contribution in [0.3, 0.4) is 0 Å². The van der Waals surface area contributed by atoms with E-state index in [1.807, 2.05) is 57.2 Å². The van der Waals surface area contributed by atoms with Gasteiger partial charge in [-0.25, -0.2) is 0 Å². The van der Waals surface area contributed by atoms with Crippen molar-refractivity contribution in [1.82, 2.24) is 0 Å². The topological polar surface area (TPSA) is 55.8 Å². The van der Waals surface area contributed by atoms with Crippen LogP contribution >= 0.6 is 0 Å². The van der Waals surface area contributed by atoms with Gasteiger partial charge in [-0.1, -0.05) is 24.3 Å². The Morgan fingerprint density at radius 3 is 2.92 bits per heavy atom. The molecule has 24 heavy (non-hydrogen) atoms. The number of ether oxygens (including phenoxy) is 2. The van der Waals surface area contributed by atoms with E-state index in [0.29, 0.717) is 6.54 Å². The quantitative estimate of drug-likeness (QED) is 0.631. The minimum absolute atomic E-state index is 0.0573.